The number of benzene rings is 1. The minimum atomic E-state index is -0.340. The molecule has 0 heterocycles. The van der Waals surface area contributed by atoms with Crippen molar-refractivity contribution < 1.29 is 4.39 Å². The molecule has 2 rings (SSSR count). The van der Waals surface area contributed by atoms with Crippen LogP contribution in [0.2, 0.25) is 5.02 Å². The van der Waals surface area contributed by atoms with Crippen LogP contribution in [0.15, 0.2) is 18.2 Å². The van der Waals surface area contributed by atoms with E-state index in [2.05, 4.69) is 19.2 Å². The molecular formula is C13H17ClFN. The van der Waals surface area contributed by atoms with Crippen molar-refractivity contribution in [3.8, 4) is 0 Å². The van der Waals surface area contributed by atoms with Gasteiger partial charge in [-0.15, -0.1) is 0 Å². The molecular weight excluding hydrogens is 225 g/mol. The molecule has 3 atom stereocenters. The SMILES string of the molecule is CC(NCC1CC1C)c1ccc(Cl)c(F)c1. The second kappa shape index (κ2) is 4.72. The van der Waals surface area contributed by atoms with E-state index in [1.807, 2.05) is 6.07 Å². The van der Waals surface area contributed by atoms with E-state index in [1.165, 1.54) is 12.5 Å². The monoisotopic (exact) mass is 241 g/mol. The van der Waals surface area contributed by atoms with Gasteiger partial charge in [-0.3, -0.25) is 0 Å². The topological polar surface area (TPSA) is 12.0 Å². The summed E-state index contributed by atoms with van der Waals surface area (Å²) in [5.74, 6) is 1.31. The number of halogens is 2. The van der Waals surface area contributed by atoms with Crippen LogP contribution < -0.4 is 5.32 Å². The van der Waals surface area contributed by atoms with Crippen molar-refractivity contribution >= 4 is 11.6 Å². The van der Waals surface area contributed by atoms with E-state index < -0.39 is 0 Å². The maximum atomic E-state index is 13.3. The highest BCUT2D eigenvalue weighted by Gasteiger charge is 2.32. The molecule has 1 aliphatic carbocycles. The first-order chi connectivity index (χ1) is 7.58. The predicted molar refractivity (Wildman–Crippen MR) is 65.1 cm³/mol. The Labute approximate surface area is 101 Å². The van der Waals surface area contributed by atoms with E-state index in [-0.39, 0.29) is 16.9 Å². The van der Waals surface area contributed by atoms with Gasteiger partial charge in [-0.25, -0.2) is 4.39 Å². The van der Waals surface area contributed by atoms with Crippen molar-refractivity contribution in [2.24, 2.45) is 11.8 Å². The van der Waals surface area contributed by atoms with Gasteiger partial charge in [-0.2, -0.15) is 0 Å². The van der Waals surface area contributed by atoms with Crippen LogP contribution in [0.3, 0.4) is 0 Å². The van der Waals surface area contributed by atoms with Crippen molar-refractivity contribution in [2.75, 3.05) is 6.54 Å². The normalized spacial score (nSPS) is 25.5. The molecule has 1 N–H and O–H groups in total. The number of hydrogen-bond donors (Lipinski definition) is 1. The van der Waals surface area contributed by atoms with E-state index in [1.54, 1.807) is 6.07 Å². The molecule has 0 spiro atoms. The molecule has 0 amide bonds. The van der Waals surface area contributed by atoms with E-state index in [0.29, 0.717) is 0 Å². The summed E-state index contributed by atoms with van der Waals surface area (Å²) in [5.41, 5.74) is 0.954. The van der Waals surface area contributed by atoms with E-state index in [4.69, 9.17) is 11.6 Å². The average molecular weight is 242 g/mol. The Kier molecular flexibility index (Phi) is 3.50. The Morgan fingerprint density at radius 2 is 2.25 bits per heavy atom. The van der Waals surface area contributed by atoms with Crippen molar-refractivity contribution in [2.45, 2.75) is 26.3 Å². The van der Waals surface area contributed by atoms with Crippen LogP contribution in [-0.2, 0) is 0 Å². The quantitative estimate of drug-likeness (QED) is 0.846. The fraction of sp³-hybridized carbons (Fsp3) is 0.538. The molecule has 0 radical (unpaired) electrons. The summed E-state index contributed by atoms with van der Waals surface area (Å²) in [7, 11) is 0. The van der Waals surface area contributed by atoms with Crippen LogP contribution in [0.4, 0.5) is 4.39 Å². The number of hydrogen-bond acceptors (Lipinski definition) is 1. The Hall–Kier alpha value is -0.600. The van der Waals surface area contributed by atoms with Crippen LogP contribution >= 0.6 is 11.6 Å². The molecule has 1 aromatic rings. The minimum Gasteiger partial charge on any atom is -0.310 e. The summed E-state index contributed by atoms with van der Waals surface area (Å²) in [5, 5.41) is 3.62. The zero-order valence-corrected chi connectivity index (χ0v) is 10.4. The lowest BCUT2D eigenvalue weighted by Gasteiger charge is -2.14. The standard InChI is InChI=1S/C13H17ClFN/c1-8-5-11(8)7-16-9(2)10-3-4-12(14)13(15)6-10/h3-4,6,8-9,11,16H,5,7H2,1-2H3. The summed E-state index contributed by atoms with van der Waals surface area (Å²) in [6.07, 6.45) is 1.31. The molecule has 0 saturated heterocycles. The highest BCUT2D eigenvalue weighted by Crippen LogP contribution is 2.37. The smallest absolute Gasteiger partial charge is 0.142 e. The second-order valence-corrected chi connectivity index (χ2v) is 5.18. The van der Waals surface area contributed by atoms with Gasteiger partial charge in [0.15, 0.2) is 0 Å². The zero-order valence-electron chi connectivity index (χ0n) is 9.63. The highest BCUT2D eigenvalue weighted by atomic mass is 35.5. The van der Waals surface area contributed by atoms with Gasteiger partial charge >= 0.3 is 0 Å². The predicted octanol–water partition coefficient (Wildman–Crippen LogP) is 3.79. The molecule has 0 aliphatic heterocycles. The number of nitrogens with one attached hydrogen (secondary N) is 1. The first-order valence-electron chi connectivity index (χ1n) is 5.76. The molecule has 1 aromatic carbocycles. The van der Waals surface area contributed by atoms with E-state index in [9.17, 15) is 4.39 Å². The van der Waals surface area contributed by atoms with Gasteiger partial charge in [0, 0.05) is 6.04 Å². The van der Waals surface area contributed by atoms with Crippen LogP contribution in [0.25, 0.3) is 0 Å². The lowest BCUT2D eigenvalue weighted by molar-refractivity contribution is 0.531. The summed E-state index contributed by atoms with van der Waals surface area (Å²) in [6, 6.07) is 5.18. The lowest BCUT2D eigenvalue weighted by atomic mass is 10.1. The molecule has 3 heteroatoms. The van der Waals surface area contributed by atoms with Gasteiger partial charge in [-0.1, -0.05) is 24.6 Å². The third-order valence-corrected chi connectivity index (χ3v) is 3.71. The van der Waals surface area contributed by atoms with E-state index in [0.717, 1.165) is 23.9 Å². The van der Waals surface area contributed by atoms with Gasteiger partial charge in [-0.05, 0) is 49.4 Å². The fourth-order valence-corrected chi connectivity index (χ4v) is 2.03. The van der Waals surface area contributed by atoms with Crippen molar-refractivity contribution in [3.05, 3.63) is 34.6 Å². The van der Waals surface area contributed by atoms with Crippen LogP contribution in [0, 0.1) is 17.7 Å². The molecule has 0 bridgehead atoms. The Morgan fingerprint density at radius 1 is 1.56 bits per heavy atom. The third kappa shape index (κ3) is 2.74. The fourth-order valence-electron chi connectivity index (χ4n) is 1.91. The van der Waals surface area contributed by atoms with Crippen molar-refractivity contribution in [3.63, 3.8) is 0 Å². The Morgan fingerprint density at radius 3 is 2.81 bits per heavy atom. The largest absolute Gasteiger partial charge is 0.310 e. The van der Waals surface area contributed by atoms with Crippen molar-refractivity contribution in [1.82, 2.24) is 5.32 Å². The second-order valence-electron chi connectivity index (χ2n) is 4.78. The molecule has 1 saturated carbocycles. The Balaban J connectivity index is 1.92. The molecule has 88 valence electrons. The average Bonchev–Trinajstić information content (AvgIpc) is 2.95. The lowest BCUT2D eigenvalue weighted by Crippen LogP contribution is -2.21. The van der Waals surface area contributed by atoms with Gasteiger partial charge in [0.25, 0.3) is 0 Å². The molecule has 0 aromatic heterocycles. The summed E-state index contributed by atoms with van der Waals surface area (Å²) in [4.78, 5) is 0. The molecule has 16 heavy (non-hydrogen) atoms. The van der Waals surface area contributed by atoms with Gasteiger partial charge in [0.1, 0.15) is 5.82 Å². The maximum Gasteiger partial charge on any atom is 0.142 e. The summed E-state index contributed by atoms with van der Waals surface area (Å²) in [6.45, 7) is 5.33. The summed E-state index contributed by atoms with van der Waals surface area (Å²) >= 11 is 5.65. The molecule has 1 nitrogen and oxygen atoms in total. The van der Waals surface area contributed by atoms with Crippen LogP contribution in [-0.4, -0.2) is 6.54 Å². The minimum absolute atomic E-state index is 0.180. The van der Waals surface area contributed by atoms with Crippen molar-refractivity contribution in [1.29, 1.82) is 0 Å². The zero-order chi connectivity index (χ0) is 11.7. The highest BCUT2D eigenvalue weighted by molar-refractivity contribution is 6.30. The number of rotatable bonds is 4. The molecule has 3 unspecified atom stereocenters. The molecule has 1 fully saturated rings. The first kappa shape index (κ1) is 11.9. The van der Waals surface area contributed by atoms with Crippen LogP contribution in [0.1, 0.15) is 31.9 Å². The van der Waals surface area contributed by atoms with Gasteiger partial charge in [0.05, 0.1) is 5.02 Å². The third-order valence-electron chi connectivity index (χ3n) is 3.41. The van der Waals surface area contributed by atoms with E-state index >= 15 is 0 Å². The first-order valence-corrected chi connectivity index (χ1v) is 6.14. The summed E-state index contributed by atoms with van der Waals surface area (Å²) < 4.78 is 13.3. The Bertz CT molecular complexity index is 380. The molecule has 1 aliphatic rings. The van der Waals surface area contributed by atoms with Gasteiger partial charge < -0.3 is 5.32 Å². The maximum absolute atomic E-state index is 13.3. The van der Waals surface area contributed by atoms with Gasteiger partial charge in [0.2, 0.25) is 0 Å². The van der Waals surface area contributed by atoms with Crippen LogP contribution in [0.5, 0.6) is 0 Å².